The number of nitrogens with zero attached hydrogens (tertiary/aromatic N) is 4. The fraction of sp³-hybridized carbons (Fsp3) is 0.108. The molecular weight excluding hydrogens is 977 g/mol. The normalized spacial score (nSPS) is 12.9. The topological polar surface area (TPSA) is 41.6 Å². The molecular formula is C74H54N4O2. The first-order valence-corrected chi connectivity index (χ1v) is 27.9. The van der Waals surface area contributed by atoms with E-state index < -0.39 is 0 Å². The van der Waals surface area contributed by atoms with Crippen molar-refractivity contribution < 1.29 is 8.83 Å². The second-order valence-electron chi connectivity index (χ2n) is 24.0. The van der Waals surface area contributed by atoms with Gasteiger partial charge in [-0.15, -0.1) is 0 Å². The van der Waals surface area contributed by atoms with Crippen LogP contribution in [-0.4, -0.2) is 8.80 Å². The molecule has 0 aliphatic carbocycles. The lowest BCUT2D eigenvalue weighted by molar-refractivity contribution is 0.594. The van der Waals surface area contributed by atoms with Crippen molar-refractivity contribution in [3.05, 3.63) is 230 Å². The van der Waals surface area contributed by atoms with E-state index in [1.54, 1.807) is 0 Å². The van der Waals surface area contributed by atoms with E-state index in [0.29, 0.717) is 0 Å². The van der Waals surface area contributed by atoms with Crippen LogP contribution in [0.3, 0.4) is 0 Å². The van der Waals surface area contributed by atoms with Crippen LogP contribution < -0.4 is 9.80 Å². The predicted molar refractivity (Wildman–Crippen MR) is 337 cm³/mol. The standard InChI is InChI=1S/C74H54N4O2/c1-73(2,3)55-31-17-29-51-65-57(75(43-21-9-7-10-22-43)59-33-19-27-49-45-25-13-15-35-63(45)79-71(49)59)39-37-47-53-42-62-54(41-61(53)77(67(51)55)69(47)65)48-38-40-58(66-52-30-18-32-56(74(4,5)6)68(52)78(62)70(48)66)76(44-23-11-8-12-24-44)60-34-20-28-50-46-26-14-16-36-64(46)80-72(50)60/h7-42H,1-6H3. The lowest BCUT2D eigenvalue weighted by atomic mass is 9.85. The number of benzene rings is 11. The van der Waals surface area contributed by atoms with Crippen LogP contribution in [0.2, 0.25) is 0 Å². The summed E-state index contributed by atoms with van der Waals surface area (Å²) in [5, 5.41) is 14.2. The Morgan fingerprint density at radius 2 is 0.675 bits per heavy atom. The lowest BCUT2D eigenvalue weighted by Gasteiger charge is -2.26. The van der Waals surface area contributed by atoms with Crippen molar-refractivity contribution in [1.29, 1.82) is 0 Å². The molecule has 0 aliphatic heterocycles. The summed E-state index contributed by atoms with van der Waals surface area (Å²) in [5.74, 6) is 0. The first-order valence-electron chi connectivity index (χ1n) is 27.9. The monoisotopic (exact) mass is 1030 g/mol. The maximum absolute atomic E-state index is 6.85. The zero-order valence-corrected chi connectivity index (χ0v) is 45.4. The van der Waals surface area contributed by atoms with Crippen molar-refractivity contribution >= 4 is 154 Å². The summed E-state index contributed by atoms with van der Waals surface area (Å²) in [6.07, 6.45) is 0. The molecule has 0 saturated carbocycles. The van der Waals surface area contributed by atoms with Gasteiger partial charge in [0.15, 0.2) is 11.2 Å². The Morgan fingerprint density at radius 1 is 0.300 bits per heavy atom. The van der Waals surface area contributed by atoms with E-state index in [4.69, 9.17) is 8.83 Å². The van der Waals surface area contributed by atoms with Gasteiger partial charge in [0.2, 0.25) is 0 Å². The third kappa shape index (κ3) is 6.02. The minimum absolute atomic E-state index is 0.161. The van der Waals surface area contributed by atoms with Gasteiger partial charge in [0.05, 0.1) is 55.8 Å². The molecule has 11 aromatic carbocycles. The quantitative estimate of drug-likeness (QED) is 0.166. The van der Waals surface area contributed by atoms with E-state index >= 15 is 0 Å². The van der Waals surface area contributed by atoms with Crippen LogP contribution in [0, 0.1) is 0 Å². The minimum atomic E-state index is -0.161. The molecule has 17 aromatic rings. The SMILES string of the molecule is CC(C)(C)c1cccc2c3c(N(c4ccccc4)c4cccc5c4oc4ccccc45)ccc4c5cc6c(cc5n(c12)c43)c1ccc(N(c2ccccc2)c2cccc3c2oc2ccccc23)c2c3cccc(C(C)(C)C)c3n6c12. The predicted octanol–water partition coefficient (Wildman–Crippen LogP) is 21.3. The zero-order valence-electron chi connectivity index (χ0n) is 45.4. The summed E-state index contributed by atoms with van der Waals surface area (Å²) >= 11 is 0. The van der Waals surface area contributed by atoms with Gasteiger partial charge in [-0.1, -0.05) is 187 Å². The van der Waals surface area contributed by atoms with Crippen molar-refractivity contribution in [2.75, 3.05) is 9.80 Å². The summed E-state index contributed by atoms with van der Waals surface area (Å²) in [7, 11) is 0. The van der Waals surface area contributed by atoms with Gasteiger partial charge < -0.3 is 27.4 Å². The first-order chi connectivity index (χ1) is 39.0. The van der Waals surface area contributed by atoms with Gasteiger partial charge in [-0.3, -0.25) is 0 Å². The molecule has 0 unspecified atom stereocenters. The number of aromatic nitrogens is 2. The number of rotatable bonds is 6. The van der Waals surface area contributed by atoms with Crippen LogP contribution in [0.25, 0.3) is 120 Å². The van der Waals surface area contributed by atoms with E-state index in [9.17, 15) is 0 Å². The first kappa shape index (κ1) is 45.3. The lowest BCUT2D eigenvalue weighted by Crippen LogP contribution is -2.12. The Morgan fingerprint density at radius 3 is 1.10 bits per heavy atom. The molecule has 0 fully saturated rings. The Bertz CT molecular complexity index is 5050. The Hall–Kier alpha value is -9.78. The second kappa shape index (κ2) is 15.9. The largest absolute Gasteiger partial charge is 0.454 e. The number of para-hydroxylation sites is 8. The summed E-state index contributed by atoms with van der Waals surface area (Å²) < 4.78 is 18.9. The Balaban J connectivity index is 1.00. The molecule has 0 radical (unpaired) electrons. The van der Waals surface area contributed by atoms with Crippen molar-refractivity contribution in [2.24, 2.45) is 0 Å². The third-order valence-corrected chi connectivity index (χ3v) is 17.4. The average molecular weight is 1030 g/mol. The number of anilines is 6. The molecule has 382 valence electrons. The van der Waals surface area contributed by atoms with Crippen molar-refractivity contribution in [3.63, 3.8) is 0 Å². The van der Waals surface area contributed by atoms with E-state index in [0.717, 1.165) is 78.0 Å². The molecule has 0 amide bonds. The molecule has 0 bridgehead atoms. The van der Waals surface area contributed by atoms with Crippen LogP contribution in [0.15, 0.2) is 227 Å². The highest BCUT2D eigenvalue weighted by molar-refractivity contribution is 6.33. The van der Waals surface area contributed by atoms with Crippen LogP contribution in [0.4, 0.5) is 34.1 Å². The van der Waals surface area contributed by atoms with Crippen molar-refractivity contribution in [1.82, 2.24) is 8.80 Å². The molecule has 6 nitrogen and oxygen atoms in total. The highest BCUT2D eigenvalue weighted by atomic mass is 16.3. The zero-order chi connectivity index (χ0) is 53.5. The molecule has 0 saturated heterocycles. The number of hydrogen-bond acceptors (Lipinski definition) is 4. The van der Waals surface area contributed by atoms with E-state index in [2.05, 4.69) is 279 Å². The van der Waals surface area contributed by atoms with Gasteiger partial charge >= 0.3 is 0 Å². The van der Waals surface area contributed by atoms with Gasteiger partial charge in [-0.2, -0.15) is 0 Å². The summed E-state index contributed by atoms with van der Waals surface area (Å²) in [6, 6.07) is 80.0. The molecule has 0 aliphatic rings. The molecule has 6 heterocycles. The molecule has 6 aromatic heterocycles. The third-order valence-electron chi connectivity index (χ3n) is 17.4. The van der Waals surface area contributed by atoms with Crippen molar-refractivity contribution in [3.8, 4) is 0 Å². The maximum atomic E-state index is 6.85. The molecule has 17 rings (SSSR count). The van der Waals surface area contributed by atoms with Gasteiger partial charge in [0, 0.05) is 76.0 Å². The Kier molecular flexibility index (Phi) is 9.01. The smallest absolute Gasteiger partial charge is 0.159 e. The molecule has 80 heavy (non-hydrogen) atoms. The van der Waals surface area contributed by atoms with Gasteiger partial charge in [-0.25, -0.2) is 0 Å². The van der Waals surface area contributed by atoms with Crippen LogP contribution in [0.1, 0.15) is 52.7 Å². The summed E-state index contributed by atoms with van der Waals surface area (Å²) in [4.78, 5) is 4.86. The highest BCUT2D eigenvalue weighted by Crippen LogP contribution is 2.54. The number of fused-ring (bicyclic) bond motifs is 18. The van der Waals surface area contributed by atoms with E-state index in [1.165, 1.54) is 87.3 Å². The molecule has 6 heteroatoms. The van der Waals surface area contributed by atoms with E-state index in [1.807, 2.05) is 0 Å². The van der Waals surface area contributed by atoms with Crippen LogP contribution in [0.5, 0.6) is 0 Å². The maximum Gasteiger partial charge on any atom is 0.159 e. The summed E-state index contributed by atoms with van der Waals surface area (Å²) in [5.41, 5.74) is 19.4. The van der Waals surface area contributed by atoms with Crippen LogP contribution >= 0.6 is 0 Å². The summed E-state index contributed by atoms with van der Waals surface area (Å²) in [6.45, 7) is 14.1. The van der Waals surface area contributed by atoms with Crippen LogP contribution in [-0.2, 0) is 10.8 Å². The number of furan rings is 2. The molecule has 0 atom stereocenters. The second-order valence-corrected chi connectivity index (χ2v) is 24.0. The number of hydrogen-bond donors (Lipinski definition) is 0. The van der Waals surface area contributed by atoms with Gasteiger partial charge in [-0.05, 0) is 94.8 Å². The fourth-order valence-electron chi connectivity index (χ4n) is 14.0. The van der Waals surface area contributed by atoms with Crippen molar-refractivity contribution in [2.45, 2.75) is 52.4 Å². The van der Waals surface area contributed by atoms with Gasteiger partial charge in [0.25, 0.3) is 0 Å². The fourth-order valence-corrected chi connectivity index (χ4v) is 14.0. The highest BCUT2D eigenvalue weighted by Gasteiger charge is 2.33. The van der Waals surface area contributed by atoms with Gasteiger partial charge in [0.1, 0.15) is 11.2 Å². The van der Waals surface area contributed by atoms with E-state index in [-0.39, 0.29) is 10.8 Å². The molecule has 0 spiro atoms. The average Bonchev–Trinajstić information content (AvgIpc) is 3.43. The minimum Gasteiger partial charge on any atom is -0.454 e. The Labute approximate surface area is 461 Å². The molecule has 0 N–H and O–H groups in total.